The number of aryl methyl sites for hydroxylation is 2. The van der Waals surface area contributed by atoms with E-state index in [9.17, 15) is 14.7 Å². The summed E-state index contributed by atoms with van der Waals surface area (Å²) in [6, 6.07) is 1.66. The van der Waals surface area contributed by atoms with E-state index in [0.29, 0.717) is 11.3 Å². The largest absolute Gasteiger partial charge is 0.481 e. The topological polar surface area (TPSA) is 66.4 Å². The van der Waals surface area contributed by atoms with Crippen molar-refractivity contribution in [3.63, 3.8) is 0 Å². The second kappa shape index (κ2) is 7.07. The normalized spacial score (nSPS) is 22.6. The first kappa shape index (κ1) is 16.0. The van der Waals surface area contributed by atoms with Gasteiger partial charge in [-0.15, -0.1) is 11.3 Å². The smallest absolute Gasteiger partial charge is 0.308 e. The van der Waals surface area contributed by atoms with Gasteiger partial charge in [-0.1, -0.05) is 26.2 Å². The molecule has 1 heterocycles. The van der Waals surface area contributed by atoms with E-state index in [1.807, 2.05) is 13.0 Å². The van der Waals surface area contributed by atoms with E-state index in [0.717, 1.165) is 37.7 Å². The lowest BCUT2D eigenvalue weighted by Gasteiger charge is -2.22. The number of hydrogen-bond acceptors (Lipinski definition) is 3. The van der Waals surface area contributed by atoms with Gasteiger partial charge in [-0.3, -0.25) is 9.59 Å². The van der Waals surface area contributed by atoms with E-state index in [1.54, 1.807) is 0 Å². The molecule has 4 nitrogen and oxygen atoms in total. The highest BCUT2D eigenvalue weighted by Gasteiger charge is 2.31. The zero-order valence-electron chi connectivity index (χ0n) is 12.6. The maximum Gasteiger partial charge on any atom is 0.308 e. The Labute approximate surface area is 129 Å². The van der Waals surface area contributed by atoms with Crippen LogP contribution >= 0.6 is 11.3 Å². The molecule has 21 heavy (non-hydrogen) atoms. The zero-order valence-corrected chi connectivity index (χ0v) is 13.5. The van der Waals surface area contributed by atoms with Crippen molar-refractivity contribution in [3.05, 3.63) is 21.4 Å². The van der Waals surface area contributed by atoms with Gasteiger partial charge in [-0.2, -0.15) is 0 Å². The lowest BCUT2D eigenvalue weighted by Crippen LogP contribution is -2.42. The highest BCUT2D eigenvalue weighted by atomic mass is 32.1. The Morgan fingerprint density at radius 2 is 2.05 bits per heavy atom. The molecule has 1 aliphatic rings. The van der Waals surface area contributed by atoms with Crippen LogP contribution in [-0.2, 0) is 11.2 Å². The fourth-order valence-corrected chi connectivity index (χ4v) is 4.02. The van der Waals surface area contributed by atoms with Crippen LogP contribution in [0, 0.1) is 12.8 Å². The molecule has 2 N–H and O–H groups in total. The van der Waals surface area contributed by atoms with Crippen LogP contribution in [0.3, 0.4) is 0 Å². The van der Waals surface area contributed by atoms with Crippen molar-refractivity contribution in [2.24, 2.45) is 5.92 Å². The molecule has 2 rings (SSSR count). The van der Waals surface area contributed by atoms with Gasteiger partial charge in [0, 0.05) is 10.9 Å². The van der Waals surface area contributed by atoms with Crippen molar-refractivity contribution in [1.29, 1.82) is 0 Å². The third-order valence-corrected chi connectivity index (χ3v) is 5.60. The Morgan fingerprint density at radius 3 is 2.67 bits per heavy atom. The summed E-state index contributed by atoms with van der Waals surface area (Å²) < 4.78 is 0. The van der Waals surface area contributed by atoms with E-state index in [4.69, 9.17) is 0 Å². The van der Waals surface area contributed by atoms with Gasteiger partial charge >= 0.3 is 5.97 Å². The summed E-state index contributed by atoms with van der Waals surface area (Å²) in [6.45, 7) is 4.09. The number of carbonyl (C=O) groups is 2. The molecule has 1 fully saturated rings. The summed E-state index contributed by atoms with van der Waals surface area (Å²) in [5.41, 5.74) is 1.14. The first-order chi connectivity index (χ1) is 10.0. The van der Waals surface area contributed by atoms with Crippen LogP contribution in [0.4, 0.5) is 0 Å². The van der Waals surface area contributed by atoms with Gasteiger partial charge < -0.3 is 10.4 Å². The summed E-state index contributed by atoms with van der Waals surface area (Å²) in [6.07, 6.45) is 5.30. The van der Waals surface area contributed by atoms with Gasteiger partial charge in [0.05, 0.1) is 10.8 Å². The highest BCUT2D eigenvalue weighted by molar-refractivity contribution is 7.14. The van der Waals surface area contributed by atoms with Crippen molar-refractivity contribution in [3.8, 4) is 0 Å². The van der Waals surface area contributed by atoms with Gasteiger partial charge in [0.1, 0.15) is 0 Å². The molecule has 1 aliphatic carbocycles. The first-order valence-corrected chi connectivity index (χ1v) is 8.47. The molecule has 0 spiro atoms. The molecule has 116 valence electrons. The van der Waals surface area contributed by atoms with Crippen molar-refractivity contribution >= 4 is 23.2 Å². The fraction of sp³-hybridized carbons (Fsp3) is 0.625. The highest BCUT2D eigenvalue weighted by Crippen LogP contribution is 2.26. The molecule has 0 unspecified atom stereocenters. The van der Waals surface area contributed by atoms with Crippen molar-refractivity contribution in [2.45, 2.75) is 58.4 Å². The third kappa shape index (κ3) is 3.84. The van der Waals surface area contributed by atoms with E-state index < -0.39 is 11.9 Å². The summed E-state index contributed by atoms with van der Waals surface area (Å²) >= 11 is 1.51. The van der Waals surface area contributed by atoms with Gasteiger partial charge in [0.2, 0.25) is 0 Å². The van der Waals surface area contributed by atoms with Crippen LogP contribution in [0.25, 0.3) is 0 Å². The minimum atomic E-state index is -0.793. The van der Waals surface area contributed by atoms with Crippen LogP contribution in [0.1, 0.15) is 59.1 Å². The lowest BCUT2D eigenvalue weighted by atomic mass is 9.95. The van der Waals surface area contributed by atoms with Gasteiger partial charge in [-0.05, 0) is 37.8 Å². The molecule has 0 saturated heterocycles. The molecule has 1 aromatic heterocycles. The van der Waals surface area contributed by atoms with Gasteiger partial charge in [0.15, 0.2) is 0 Å². The van der Waals surface area contributed by atoms with E-state index in [2.05, 4.69) is 12.2 Å². The monoisotopic (exact) mass is 309 g/mol. The Morgan fingerprint density at radius 1 is 1.33 bits per heavy atom. The summed E-state index contributed by atoms with van der Waals surface area (Å²) in [5.74, 6) is -1.37. The Hall–Kier alpha value is -1.36. The van der Waals surface area contributed by atoms with Gasteiger partial charge in [-0.25, -0.2) is 0 Å². The number of hydrogen-bond donors (Lipinski definition) is 2. The molecule has 2 atom stereocenters. The summed E-state index contributed by atoms with van der Waals surface area (Å²) in [4.78, 5) is 25.7. The van der Waals surface area contributed by atoms with E-state index in [1.165, 1.54) is 16.2 Å². The van der Waals surface area contributed by atoms with Gasteiger partial charge in [0.25, 0.3) is 5.91 Å². The van der Waals surface area contributed by atoms with Crippen LogP contribution in [0.2, 0.25) is 0 Å². The summed E-state index contributed by atoms with van der Waals surface area (Å²) in [7, 11) is 0. The number of nitrogens with one attached hydrogen (secondary N) is 1. The van der Waals surface area contributed by atoms with Crippen LogP contribution in [0.5, 0.6) is 0 Å². The van der Waals surface area contributed by atoms with Crippen LogP contribution in [0.15, 0.2) is 6.07 Å². The number of carbonyl (C=O) groups excluding carboxylic acids is 1. The predicted octanol–water partition coefficient (Wildman–Crippen LogP) is 3.38. The van der Waals surface area contributed by atoms with E-state index >= 15 is 0 Å². The van der Waals surface area contributed by atoms with Crippen LogP contribution < -0.4 is 5.32 Å². The molecule has 0 aliphatic heterocycles. The Balaban J connectivity index is 2.10. The second-order valence-corrected chi connectivity index (χ2v) is 6.87. The maximum absolute atomic E-state index is 12.4. The molecule has 1 saturated carbocycles. The average molecular weight is 309 g/mol. The van der Waals surface area contributed by atoms with E-state index in [-0.39, 0.29) is 11.9 Å². The molecule has 0 bridgehead atoms. The molecule has 5 heteroatoms. The standard InChI is InChI=1S/C16H23NO3S/c1-3-13-10(2)9-14(21-13)15(18)17-12-8-6-4-5-7-11(12)16(19)20/h9,11-12H,3-8H2,1-2H3,(H,17,18)(H,19,20)/t11-,12+/m1/s1. The number of amides is 1. The fourth-order valence-electron chi connectivity index (χ4n) is 3.00. The first-order valence-electron chi connectivity index (χ1n) is 7.66. The molecule has 0 aromatic carbocycles. The quantitative estimate of drug-likeness (QED) is 0.838. The molecular weight excluding hydrogens is 286 g/mol. The Bertz CT molecular complexity index is 524. The van der Waals surface area contributed by atoms with Crippen molar-refractivity contribution in [1.82, 2.24) is 5.32 Å². The second-order valence-electron chi connectivity index (χ2n) is 5.73. The molecular formula is C16H23NO3S. The number of rotatable bonds is 4. The molecule has 0 radical (unpaired) electrons. The summed E-state index contributed by atoms with van der Waals surface area (Å²) in [5, 5.41) is 12.3. The third-order valence-electron chi connectivity index (χ3n) is 4.22. The average Bonchev–Trinajstić information content (AvgIpc) is 2.67. The lowest BCUT2D eigenvalue weighted by molar-refractivity contribution is -0.142. The predicted molar refractivity (Wildman–Crippen MR) is 83.9 cm³/mol. The van der Waals surface area contributed by atoms with Crippen LogP contribution in [-0.4, -0.2) is 23.0 Å². The molecule has 1 aromatic rings. The minimum absolute atomic E-state index is 0.124. The zero-order chi connectivity index (χ0) is 15.4. The molecule has 1 amide bonds. The SMILES string of the molecule is CCc1sc(C(=O)N[C@H]2CCCCC[C@H]2C(=O)O)cc1C. The Kier molecular flexibility index (Phi) is 5.39. The number of carboxylic acid groups (broad SMARTS) is 1. The number of aliphatic carboxylic acids is 1. The van der Waals surface area contributed by atoms with Crippen molar-refractivity contribution in [2.75, 3.05) is 0 Å². The maximum atomic E-state index is 12.4. The number of carboxylic acids is 1. The van der Waals surface area contributed by atoms with Crippen molar-refractivity contribution < 1.29 is 14.7 Å². The minimum Gasteiger partial charge on any atom is -0.481 e. The number of thiophene rings is 1.